The Hall–Kier alpha value is -3.60. The van der Waals surface area contributed by atoms with Crippen LogP contribution in [0.15, 0.2) is 51.7 Å². The lowest BCUT2D eigenvalue weighted by atomic mass is 9.87. The highest BCUT2D eigenvalue weighted by Crippen LogP contribution is 2.44. The predicted molar refractivity (Wildman–Crippen MR) is 158 cm³/mol. The molecule has 0 atom stereocenters. The van der Waals surface area contributed by atoms with Gasteiger partial charge in [0, 0.05) is 47.4 Å². The Balaban J connectivity index is 1.70. The molecule has 0 N–H and O–H groups in total. The largest absolute Gasteiger partial charge is 0.455 e. The second-order valence-corrected chi connectivity index (χ2v) is 11.9. The summed E-state index contributed by atoms with van der Waals surface area (Å²) in [5.74, 6) is 0.626. The van der Waals surface area contributed by atoms with Gasteiger partial charge in [0.05, 0.1) is 22.2 Å². The van der Waals surface area contributed by atoms with Crippen molar-refractivity contribution in [2.75, 3.05) is 22.9 Å². The van der Waals surface area contributed by atoms with Gasteiger partial charge in [-0.15, -0.1) is 0 Å². The molecule has 38 heavy (non-hydrogen) atoms. The minimum Gasteiger partial charge on any atom is -0.455 e. The minimum absolute atomic E-state index is 0.0685. The van der Waals surface area contributed by atoms with Crippen molar-refractivity contribution in [1.29, 1.82) is 0 Å². The quantitative estimate of drug-likeness (QED) is 0.174. The van der Waals surface area contributed by atoms with Crippen molar-refractivity contribution in [2.45, 2.75) is 59.5 Å². The van der Waals surface area contributed by atoms with E-state index in [1.54, 1.807) is 4.57 Å². The first-order valence-electron chi connectivity index (χ1n) is 13.5. The van der Waals surface area contributed by atoms with Crippen molar-refractivity contribution in [3.63, 3.8) is 0 Å². The molecule has 0 aromatic heterocycles. The second kappa shape index (κ2) is 7.95. The highest BCUT2D eigenvalue weighted by atomic mass is 16.3. The van der Waals surface area contributed by atoms with Crippen LogP contribution >= 0.6 is 0 Å². The number of anilines is 2. The van der Waals surface area contributed by atoms with Crippen LogP contribution < -0.4 is 19.9 Å². The molecule has 0 spiro atoms. The summed E-state index contributed by atoms with van der Waals surface area (Å²) >= 11 is 0. The highest BCUT2D eigenvalue weighted by Gasteiger charge is 2.35. The monoisotopic (exact) mass is 506 g/mol. The normalized spacial score (nSPS) is 18.0. The second-order valence-electron chi connectivity index (χ2n) is 11.9. The van der Waals surface area contributed by atoms with E-state index < -0.39 is 0 Å². The molecular formula is C33H36N3O2+. The van der Waals surface area contributed by atoms with E-state index in [-0.39, 0.29) is 16.6 Å². The van der Waals surface area contributed by atoms with Crippen LogP contribution in [-0.4, -0.2) is 24.2 Å². The van der Waals surface area contributed by atoms with Crippen molar-refractivity contribution in [3.05, 3.63) is 70.9 Å². The van der Waals surface area contributed by atoms with E-state index in [2.05, 4.69) is 94.7 Å². The molecule has 0 saturated heterocycles. The van der Waals surface area contributed by atoms with Crippen LogP contribution in [0.25, 0.3) is 44.3 Å². The van der Waals surface area contributed by atoms with Gasteiger partial charge in [-0.25, -0.2) is 4.79 Å². The number of benzene rings is 2. The molecule has 5 heteroatoms. The predicted octanol–water partition coefficient (Wildman–Crippen LogP) is 6.61. The number of likely N-dealkylation sites (N-methyl/N-ethyl adjacent to an activating group) is 2. The number of allylic oxidation sites excluding steroid dienone is 2. The molecule has 0 aliphatic carbocycles. The first-order valence-corrected chi connectivity index (χ1v) is 13.5. The molecule has 0 bridgehead atoms. The van der Waals surface area contributed by atoms with Gasteiger partial charge < -0.3 is 14.2 Å². The van der Waals surface area contributed by atoms with Crippen molar-refractivity contribution in [2.24, 2.45) is 7.05 Å². The lowest BCUT2D eigenvalue weighted by Gasteiger charge is -2.42. The summed E-state index contributed by atoms with van der Waals surface area (Å²) < 4.78 is 8.40. The summed E-state index contributed by atoms with van der Waals surface area (Å²) in [6.45, 7) is 23.5. The molecule has 4 aliphatic heterocycles. The van der Waals surface area contributed by atoms with Gasteiger partial charge >= 0.3 is 5.56 Å². The van der Waals surface area contributed by atoms with Crippen molar-refractivity contribution >= 4 is 44.4 Å². The zero-order chi connectivity index (χ0) is 27.3. The highest BCUT2D eigenvalue weighted by molar-refractivity contribution is 6.01. The van der Waals surface area contributed by atoms with Gasteiger partial charge in [-0.1, -0.05) is 12.2 Å². The Morgan fingerprint density at radius 3 is 2.13 bits per heavy atom. The van der Waals surface area contributed by atoms with Gasteiger partial charge in [-0.2, -0.15) is 4.57 Å². The van der Waals surface area contributed by atoms with Crippen LogP contribution in [0.5, 0.6) is 0 Å². The van der Waals surface area contributed by atoms with Crippen LogP contribution in [0.2, 0.25) is 0 Å². The fourth-order valence-corrected chi connectivity index (χ4v) is 6.85. The Labute approximate surface area is 225 Å². The number of aryl methyl sites for hydroxylation is 1. The molecule has 2 aromatic carbocycles. The molecule has 0 unspecified atom stereocenters. The topological polar surface area (TPSA) is 40.6 Å². The Morgan fingerprint density at radius 1 is 0.868 bits per heavy atom. The zero-order valence-electron chi connectivity index (χ0n) is 23.7. The SMILES string of the molecule is [CH]C1=CC(C)(C)N(CC)c2cc3oc4c5cc6c(cc5[n+](C)c(=O)c-4cc3cc21)N(CC)C(C)(C)C=C6C. The van der Waals surface area contributed by atoms with E-state index in [9.17, 15) is 4.79 Å². The number of hydrogen-bond acceptors (Lipinski definition) is 4. The van der Waals surface area contributed by atoms with Crippen molar-refractivity contribution in [1.82, 2.24) is 0 Å². The van der Waals surface area contributed by atoms with E-state index in [1.165, 1.54) is 11.1 Å². The number of aromatic nitrogens is 1. The molecule has 2 aromatic rings. The third-order valence-corrected chi connectivity index (χ3v) is 8.56. The maximum Gasteiger partial charge on any atom is 0.423 e. The van der Waals surface area contributed by atoms with E-state index in [1.807, 2.05) is 13.1 Å². The van der Waals surface area contributed by atoms with Gasteiger partial charge in [0.15, 0.2) is 5.76 Å². The lowest BCUT2D eigenvalue weighted by Crippen LogP contribution is -2.48. The third-order valence-electron chi connectivity index (χ3n) is 8.56. The van der Waals surface area contributed by atoms with Crippen LogP contribution in [0.4, 0.5) is 11.4 Å². The summed E-state index contributed by atoms with van der Waals surface area (Å²) in [7, 11) is 1.85. The van der Waals surface area contributed by atoms with Crippen LogP contribution in [0, 0.1) is 6.92 Å². The van der Waals surface area contributed by atoms with Gasteiger partial charge in [-0.3, -0.25) is 0 Å². The van der Waals surface area contributed by atoms with Gasteiger partial charge in [0.1, 0.15) is 18.2 Å². The number of rotatable bonds is 2. The number of fused-ring (bicyclic) bond motifs is 6. The van der Waals surface area contributed by atoms with Crippen molar-refractivity contribution < 1.29 is 8.98 Å². The van der Waals surface area contributed by atoms with Crippen LogP contribution in [-0.2, 0) is 7.05 Å². The lowest BCUT2D eigenvalue weighted by molar-refractivity contribution is -0.658. The fourth-order valence-electron chi connectivity index (χ4n) is 6.85. The Kier molecular flexibility index (Phi) is 5.17. The molecule has 4 aliphatic rings. The fraction of sp³-hybridized carbons (Fsp3) is 0.364. The molecule has 0 amide bonds. The van der Waals surface area contributed by atoms with E-state index >= 15 is 0 Å². The molecular weight excluding hydrogens is 470 g/mol. The summed E-state index contributed by atoms with van der Waals surface area (Å²) in [5.41, 5.74) is 8.15. The standard InChI is InChI=1S/C33H36N3O2/c1-10-35-27-15-26-24(14-23(27)20(4)18-32(35,5)6)30-25(31(37)34(26)9)13-21-12-22-19(3)17-33(7,8)36(11-2)28(22)16-29(21)38-30/h3,12-18H,10-11H2,1-2,4-9H3/q+1. The maximum absolute atomic E-state index is 13.7. The molecule has 2 radical (unpaired) electrons. The van der Waals surface area contributed by atoms with Gasteiger partial charge in [0.25, 0.3) is 0 Å². The Morgan fingerprint density at radius 2 is 1.47 bits per heavy atom. The Bertz CT molecular complexity index is 1750. The molecule has 5 nitrogen and oxygen atoms in total. The minimum atomic E-state index is -0.207. The summed E-state index contributed by atoms with van der Waals surface area (Å²) in [6.07, 6.45) is 4.43. The van der Waals surface area contributed by atoms with E-state index in [0.29, 0.717) is 11.3 Å². The smallest absolute Gasteiger partial charge is 0.423 e. The maximum atomic E-state index is 13.7. The molecule has 194 valence electrons. The van der Waals surface area contributed by atoms with Gasteiger partial charge in [-0.05, 0) is 84.7 Å². The first-order chi connectivity index (χ1) is 17.9. The summed E-state index contributed by atoms with van der Waals surface area (Å²) in [5, 5.41) is 1.81. The molecule has 0 saturated carbocycles. The number of pyridine rings is 1. The third kappa shape index (κ3) is 3.30. The zero-order valence-corrected chi connectivity index (χ0v) is 23.7. The van der Waals surface area contributed by atoms with Crippen LogP contribution in [0.3, 0.4) is 0 Å². The van der Waals surface area contributed by atoms with Crippen LogP contribution in [0.1, 0.15) is 59.6 Å². The first kappa shape index (κ1) is 24.7. The summed E-state index contributed by atoms with van der Waals surface area (Å²) in [6, 6.07) is 10.5. The average molecular weight is 507 g/mol. The molecule has 4 heterocycles. The van der Waals surface area contributed by atoms with E-state index in [0.717, 1.165) is 57.5 Å². The number of hydrogen-bond donors (Lipinski definition) is 0. The molecule has 6 rings (SSSR count). The number of nitrogens with zero attached hydrogens (tertiary/aromatic N) is 3. The average Bonchev–Trinajstić information content (AvgIpc) is 2.84. The summed E-state index contributed by atoms with van der Waals surface area (Å²) in [4.78, 5) is 18.4. The molecule has 0 fully saturated rings. The van der Waals surface area contributed by atoms with Crippen molar-refractivity contribution in [3.8, 4) is 11.3 Å². The van der Waals surface area contributed by atoms with Gasteiger partial charge in [0.2, 0.25) is 5.52 Å². The van der Waals surface area contributed by atoms with E-state index in [4.69, 9.17) is 11.3 Å².